The van der Waals surface area contributed by atoms with Crippen molar-refractivity contribution in [3.8, 4) is 5.75 Å². The Kier molecular flexibility index (Phi) is 6.15. The van der Waals surface area contributed by atoms with Crippen LogP contribution in [0.5, 0.6) is 5.75 Å². The molecule has 0 atom stereocenters. The zero-order valence-corrected chi connectivity index (χ0v) is 20.9. The lowest BCUT2D eigenvalue weighted by atomic mass is 10.2. The number of aromatic nitrogens is 5. The van der Waals surface area contributed by atoms with E-state index < -0.39 is 11.2 Å². The van der Waals surface area contributed by atoms with Crippen LogP contribution in [0.25, 0.3) is 21.4 Å². The van der Waals surface area contributed by atoms with Gasteiger partial charge in [-0.05, 0) is 30.7 Å². The summed E-state index contributed by atoms with van der Waals surface area (Å²) in [4.78, 5) is 49.4. The molecule has 0 aliphatic carbocycles. The largest absolute Gasteiger partial charge is 0.494 e. The quantitative estimate of drug-likeness (QED) is 0.338. The van der Waals surface area contributed by atoms with Crippen molar-refractivity contribution in [1.29, 1.82) is 0 Å². The molecule has 0 aliphatic rings. The van der Waals surface area contributed by atoms with Gasteiger partial charge in [0.15, 0.2) is 16.3 Å². The predicted molar refractivity (Wildman–Crippen MR) is 139 cm³/mol. The van der Waals surface area contributed by atoms with E-state index in [2.05, 4.69) is 4.98 Å². The number of anilines is 1. The molecule has 0 bridgehead atoms. The van der Waals surface area contributed by atoms with Crippen LogP contribution in [0.2, 0.25) is 0 Å². The van der Waals surface area contributed by atoms with E-state index >= 15 is 0 Å². The number of nitrogens with zero attached hydrogens (tertiary/aromatic N) is 6. The Morgan fingerprint density at radius 1 is 1.08 bits per heavy atom. The van der Waals surface area contributed by atoms with Gasteiger partial charge in [-0.1, -0.05) is 41.7 Å². The highest BCUT2D eigenvalue weighted by Gasteiger charge is 2.23. The van der Waals surface area contributed by atoms with Crippen molar-refractivity contribution in [2.75, 3.05) is 11.5 Å². The summed E-state index contributed by atoms with van der Waals surface area (Å²) in [5.41, 5.74) is 1.15. The Morgan fingerprint density at radius 2 is 1.86 bits per heavy atom. The molecule has 3 aromatic heterocycles. The maximum Gasteiger partial charge on any atom is 0.332 e. The molecule has 0 fully saturated rings. The molecular weight excluding hydrogens is 480 g/mol. The number of carbonyl (C=O) groups excluding carboxylic acids is 1. The van der Waals surface area contributed by atoms with Gasteiger partial charge in [0, 0.05) is 14.1 Å². The Hall–Kier alpha value is -4.25. The maximum absolute atomic E-state index is 13.7. The molecule has 0 radical (unpaired) electrons. The maximum atomic E-state index is 13.7. The molecule has 0 saturated carbocycles. The second-order valence-electron chi connectivity index (χ2n) is 8.27. The van der Waals surface area contributed by atoms with Crippen molar-refractivity contribution in [3.63, 3.8) is 0 Å². The molecular formula is C25H24N6O4S. The summed E-state index contributed by atoms with van der Waals surface area (Å²) >= 11 is 1.40. The van der Waals surface area contributed by atoms with Crippen LogP contribution in [0.1, 0.15) is 12.5 Å². The van der Waals surface area contributed by atoms with Crippen LogP contribution in [-0.2, 0) is 32.0 Å². The number of amides is 1. The van der Waals surface area contributed by atoms with E-state index in [1.54, 1.807) is 11.9 Å². The second kappa shape index (κ2) is 9.42. The van der Waals surface area contributed by atoms with Crippen LogP contribution < -0.4 is 20.9 Å². The Balaban J connectivity index is 1.55. The minimum atomic E-state index is -0.503. The molecule has 36 heavy (non-hydrogen) atoms. The standard InChI is InChI=1S/C25H24N6O4S/c1-4-35-17-10-11-18-19(12-17)36-24(27-18)31(13-16-8-6-5-7-9-16)20(32)14-30-15-26-22-21(30)23(33)29(3)25(34)28(22)2/h5-12,15H,4,13-14H2,1-3H3. The lowest BCUT2D eigenvalue weighted by Crippen LogP contribution is -2.38. The van der Waals surface area contributed by atoms with Crippen molar-refractivity contribution in [3.05, 3.63) is 81.3 Å². The Bertz CT molecular complexity index is 1700. The average Bonchev–Trinajstić information content (AvgIpc) is 3.49. The minimum Gasteiger partial charge on any atom is -0.494 e. The smallest absolute Gasteiger partial charge is 0.332 e. The molecule has 0 aliphatic heterocycles. The number of ether oxygens (including phenoxy) is 1. The molecule has 10 nitrogen and oxygen atoms in total. The molecule has 1 amide bonds. The van der Waals surface area contributed by atoms with Gasteiger partial charge in [-0.2, -0.15) is 0 Å². The molecule has 0 saturated heterocycles. The van der Waals surface area contributed by atoms with Crippen molar-refractivity contribution in [2.45, 2.75) is 20.0 Å². The monoisotopic (exact) mass is 504 g/mol. The van der Waals surface area contributed by atoms with E-state index in [9.17, 15) is 14.4 Å². The number of benzene rings is 2. The van der Waals surface area contributed by atoms with Gasteiger partial charge < -0.3 is 9.30 Å². The summed E-state index contributed by atoms with van der Waals surface area (Å²) in [6.07, 6.45) is 1.41. The first kappa shape index (κ1) is 23.5. The number of aryl methyl sites for hydroxylation is 1. The number of rotatable bonds is 7. The van der Waals surface area contributed by atoms with Gasteiger partial charge in [0.2, 0.25) is 5.91 Å². The molecule has 5 aromatic rings. The fraction of sp³-hybridized carbons (Fsp3) is 0.240. The highest BCUT2D eigenvalue weighted by atomic mass is 32.1. The van der Waals surface area contributed by atoms with Crippen LogP contribution in [0, 0.1) is 0 Å². The lowest BCUT2D eigenvalue weighted by molar-refractivity contribution is -0.119. The summed E-state index contributed by atoms with van der Waals surface area (Å²) in [6, 6.07) is 15.3. The minimum absolute atomic E-state index is 0.142. The normalized spacial score (nSPS) is 11.3. The molecule has 0 spiro atoms. The van der Waals surface area contributed by atoms with E-state index in [-0.39, 0.29) is 23.6 Å². The van der Waals surface area contributed by atoms with Crippen LogP contribution in [0.15, 0.2) is 64.4 Å². The van der Waals surface area contributed by atoms with E-state index in [1.165, 1.54) is 33.8 Å². The van der Waals surface area contributed by atoms with E-state index in [0.29, 0.717) is 18.3 Å². The van der Waals surface area contributed by atoms with Gasteiger partial charge in [0.25, 0.3) is 5.56 Å². The van der Waals surface area contributed by atoms with E-state index in [4.69, 9.17) is 9.72 Å². The zero-order valence-electron chi connectivity index (χ0n) is 20.0. The topological polar surface area (TPSA) is 104 Å². The molecule has 184 valence electrons. The number of carbonyl (C=O) groups is 1. The van der Waals surface area contributed by atoms with Gasteiger partial charge in [-0.15, -0.1) is 0 Å². The van der Waals surface area contributed by atoms with Crippen LogP contribution in [0.3, 0.4) is 0 Å². The van der Waals surface area contributed by atoms with Crippen molar-refractivity contribution < 1.29 is 9.53 Å². The van der Waals surface area contributed by atoms with Crippen LogP contribution in [0.4, 0.5) is 5.13 Å². The Labute approximate surface area is 209 Å². The average molecular weight is 505 g/mol. The number of imidazole rings is 1. The van der Waals surface area contributed by atoms with E-state index in [0.717, 1.165) is 26.1 Å². The SMILES string of the molecule is CCOc1ccc2nc(N(Cc3ccccc3)C(=O)Cn3cnc4c3c(=O)n(C)c(=O)n4C)sc2c1. The van der Waals surface area contributed by atoms with Gasteiger partial charge in [0.1, 0.15) is 12.3 Å². The highest BCUT2D eigenvalue weighted by Crippen LogP contribution is 2.32. The molecule has 5 rings (SSSR count). The summed E-state index contributed by atoms with van der Waals surface area (Å²) < 4.78 is 10.3. The number of fused-ring (bicyclic) bond motifs is 2. The number of hydrogen-bond donors (Lipinski definition) is 0. The van der Waals surface area contributed by atoms with Crippen LogP contribution in [-0.4, -0.2) is 36.2 Å². The van der Waals surface area contributed by atoms with Gasteiger partial charge >= 0.3 is 5.69 Å². The molecule has 2 aromatic carbocycles. The summed E-state index contributed by atoms with van der Waals surface area (Å²) in [6.45, 7) is 2.64. The van der Waals surface area contributed by atoms with Gasteiger partial charge in [-0.25, -0.2) is 14.8 Å². The third-order valence-electron chi connectivity index (χ3n) is 5.90. The first-order valence-electron chi connectivity index (χ1n) is 11.4. The second-order valence-corrected chi connectivity index (χ2v) is 9.28. The highest BCUT2D eigenvalue weighted by molar-refractivity contribution is 7.22. The number of hydrogen-bond acceptors (Lipinski definition) is 7. The van der Waals surface area contributed by atoms with Crippen molar-refractivity contribution in [2.24, 2.45) is 14.1 Å². The summed E-state index contributed by atoms with van der Waals surface area (Å²) in [7, 11) is 2.95. The summed E-state index contributed by atoms with van der Waals surface area (Å²) in [5, 5.41) is 0.539. The molecule has 0 N–H and O–H groups in total. The molecule has 0 unspecified atom stereocenters. The summed E-state index contributed by atoms with van der Waals surface area (Å²) in [5.74, 6) is 0.477. The predicted octanol–water partition coefficient (Wildman–Crippen LogP) is 2.68. The lowest BCUT2D eigenvalue weighted by Gasteiger charge is -2.20. The fourth-order valence-electron chi connectivity index (χ4n) is 4.04. The number of thiazole rings is 1. The fourth-order valence-corrected chi connectivity index (χ4v) is 5.05. The first-order valence-corrected chi connectivity index (χ1v) is 12.2. The third-order valence-corrected chi connectivity index (χ3v) is 6.94. The van der Waals surface area contributed by atoms with Crippen LogP contribution >= 0.6 is 11.3 Å². The molecule has 11 heteroatoms. The Morgan fingerprint density at radius 3 is 2.61 bits per heavy atom. The zero-order chi connectivity index (χ0) is 25.4. The van der Waals surface area contributed by atoms with Gasteiger partial charge in [0.05, 0.1) is 29.7 Å². The van der Waals surface area contributed by atoms with Crippen molar-refractivity contribution in [1.82, 2.24) is 23.7 Å². The third kappa shape index (κ3) is 4.17. The van der Waals surface area contributed by atoms with E-state index in [1.807, 2.05) is 55.5 Å². The molecule has 3 heterocycles. The van der Waals surface area contributed by atoms with Gasteiger partial charge in [-0.3, -0.25) is 23.6 Å². The van der Waals surface area contributed by atoms with Crippen molar-refractivity contribution >= 4 is 43.8 Å². The first-order chi connectivity index (χ1) is 17.4.